The van der Waals surface area contributed by atoms with E-state index in [-0.39, 0.29) is 11.8 Å². The van der Waals surface area contributed by atoms with Gasteiger partial charge in [-0.3, -0.25) is 4.79 Å². The van der Waals surface area contributed by atoms with Gasteiger partial charge in [0.2, 0.25) is 15.9 Å². The fourth-order valence-corrected chi connectivity index (χ4v) is 6.25. The lowest BCUT2D eigenvalue weighted by molar-refractivity contribution is -0.137. The van der Waals surface area contributed by atoms with E-state index in [1.54, 1.807) is 12.1 Å². The van der Waals surface area contributed by atoms with Crippen LogP contribution in [0.5, 0.6) is 0 Å². The van der Waals surface area contributed by atoms with Gasteiger partial charge < -0.3 is 9.80 Å². The lowest BCUT2D eigenvalue weighted by Gasteiger charge is -2.39. The monoisotopic (exact) mass is 469 g/mol. The first-order chi connectivity index (χ1) is 15.8. The molecule has 0 N–H and O–H groups in total. The maximum Gasteiger partial charge on any atom is 0.243 e. The zero-order chi connectivity index (χ0) is 23.6. The number of hydrogen-bond acceptors (Lipinski definition) is 4. The number of benzene rings is 2. The lowest BCUT2D eigenvalue weighted by Crippen LogP contribution is -2.52. The Balaban J connectivity index is 1.31. The number of nitrogens with zero attached hydrogens (tertiary/aromatic N) is 3. The van der Waals surface area contributed by atoms with Gasteiger partial charge in [0.25, 0.3) is 0 Å². The molecule has 0 aliphatic carbocycles. The minimum Gasteiger partial charge on any atom is -0.368 e. The number of hydrogen-bond donors (Lipinski definition) is 0. The molecule has 2 aromatic carbocycles. The van der Waals surface area contributed by atoms with Crippen molar-refractivity contribution >= 4 is 21.6 Å². The summed E-state index contributed by atoms with van der Waals surface area (Å²) in [4.78, 5) is 17.7. The number of piperazine rings is 1. The highest BCUT2D eigenvalue weighted by atomic mass is 32.2. The molecular weight excluding hydrogens is 434 g/mol. The molecule has 2 saturated heterocycles. The number of carbonyl (C=O) groups excluding carboxylic acids is 1. The molecule has 33 heavy (non-hydrogen) atoms. The Kier molecular flexibility index (Phi) is 7.10. The van der Waals surface area contributed by atoms with E-state index in [0.29, 0.717) is 49.8 Å². The summed E-state index contributed by atoms with van der Waals surface area (Å²) in [6, 6.07) is 15.7. The van der Waals surface area contributed by atoms with Gasteiger partial charge in [-0.05, 0) is 61.1 Å². The van der Waals surface area contributed by atoms with Crippen LogP contribution in [-0.4, -0.2) is 62.8 Å². The number of piperidine rings is 1. The van der Waals surface area contributed by atoms with E-state index in [2.05, 4.69) is 49.9 Å². The van der Waals surface area contributed by atoms with E-state index < -0.39 is 10.0 Å². The second-order valence-electron chi connectivity index (χ2n) is 9.55. The van der Waals surface area contributed by atoms with E-state index in [9.17, 15) is 13.2 Å². The first-order valence-corrected chi connectivity index (χ1v) is 13.4. The maximum absolute atomic E-state index is 13.1. The Morgan fingerprint density at radius 3 is 2.12 bits per heavy atom. The van der Waals surface area contributed by atoms with Crippen LogP contribution in [-0.2, 0) is 14.8 Å². The SMILES string of the molecule is Cc1cccc(N2CCN(C(=O)C3CCN(S(=O)(=O)c4ccc(C(C)C)cc4)CC3)CC2)c1. The summed E-state index contributed by atoms with van der Waals surface area (Å²) in [5, 5.41) is 0. The molecule has 0 atom stereocenters. The molecule has 0 aromatic heterocycles. The third kappa shape index (κ3) is 5.25. The molecule has 0 spiro atoms. The van der Waals surface area contributed by atoms with Crippen molar-refractivity contribution in [2.45, 2.75) is 44.4 Å². The molecule has 0 bridgehead atoms. The van der Waals surface area contributed by atoms with E-state index in [0.717, 1.165) is 18.7 Å². The van der Waals surface area contributed by atoms with Crippen molar-refractivity contribution in [1.82, 2.24) is 9.21 Å². The van der Waals surface area contributed by atoms with Gasteiger partial charge in [0.05, 0.1) is 4.90 Å². The van der Waals surface area contributed by atoms with E-state index in [1.165, 1.54) is 15.6 Å². The standard InChI is InChI=1S/C26H35N3O3S/c1-20(2)22-7-9-25(10-8-22)33(31,32)29-13-11-23(12-14-29)26(30)28-17-15-27(16-18-28)24-6-4-5-21(3)19-24/h4-10,19-20,23H,11-18H2,1-3H3. The zero-order valence-corrected chi connectivity index (χ0v) is 20.7. The Hall–Kier alpha value is -2.38. The fourth-order valence-electron chi connectivity index (χ4n) is 4.78. The minimum atomic E-state index is -3.52. The van der Waals surface area contributed by atoms with Gasteiger partial charge >= 0.3 is 0 Å². The second-order valence-corrected chi connectivity index (χ2v) is 11.5. The van der Waals surface area contributed by atoms with Crippen molar-refractivity contribution in [3.63, 3.8) is 0 Å². The molecule has 2 aliphatic heterocycles. The van der Waals surface area contributed by atoms with E-state index >= 15 is 0 Å². The first-order valence-electron chi connectivity index (χ1n) is 12.0. The summed E-state index contributed by atoms with van der Waals surface area (Å²) < 4.78 is 27.7. The highest BCUT2D eigenvalue weighted by Gasteiger charge is 2.34. The molecule has 6 nitrogen and oxygen atoms in total. The Labute approximate surface area is 198 Å². The summed E-state index contributed by atoms with van der Waals surface area (Å²) in [5.74, 6) is 0.449. The van der Waals surface area contributed by atoms with Crippen LogP contribution >= 0.6 is 0 Å². The predicted molar refractivity (Wildman–Crippen MR) is 132 cm³/mol. The molecule has 0 saturated carbocycles. The van der Waals surface area contributed by atoms with Crippen LogP contribution in [0.1, 0.15) is 43.7 Å². The van der Waals surface area contributed by atoms with Crippen LogP contribution in [0.3, 0.4) is 0 Å². The molecule has 2 heterocycles. The number of aryl methyl sites for hydroxylation is 1. The fraction of sp³-hybridized carbons (Fsp3) is 0.500. The summed E-state index contributed by atoms with van der Waals surface area (Å²) in [6.45, 7) is 10.2. The molecule has 2 fully saturated rings. The summed E-state index contributed by atoms with van der Waals surface area (Å²) in [7, 11) is -3.52. The van der Waals surface area contributed by atoms with Gasteiger partial charge in [0.1, 0.15) is 0 Å². The third-order valence-corrected chi connectivity index (χ3v) is 8.86. The molecule has 178 valence electrons. The predicted octanol–water partition coefficient (Wildman–Crippen LogP) is 3.87. The van der Waals surface area contributed by atoms with Crippen molar-refractivity contribution in [3.8, 4) is 0 Å². The van der Waals surface area contributed by atoms with Crippen molar-refractivity contribution in [2.24, 2.45) is 5.92 Å². The van der Waals surface area contributed by atoms with Crippen molar-refractivity contribution < 1.29 is 13.2 Å². The molecule has 7 heteroatoms. The number of rotatable bonds is 5. The number of amides is 1. The van der Waals surface area contributed by atoms with Gasteiger partial charge in [-0.15, -0.1) is 0 Å². The van der Waals surface area contributed by atoms with E-state index in [4.69, 9.17) is 0 Å². The largest absolute Gasteiger partial charge is 0.368 e. The van der Waals surface area contributed by atoms with Crippen LogP contribution in [0.4, 0.5) is 5.69 Å². The third-order valence-electron chi connectivity index (χ3n) is 6.95. The minimum absolute atomic E-state index is 0.0923. The molecule has 2 aliphatic rings. The summed E-state index contributed by atoms with van der Waals surface area (Å²) >= 11 is 0. The summed E-state index contributed by atoms with van der Waals surface area (Å²) in [5.41, 5.74) is 3.58. The van der Waals surface area contributed by atoms with Gasteiger partial charge in [-0.25, -0.2) is 8.42 Å². The van der Waals surface area contributed by atoms with Crippen LogP contribution < -0.4 is 4.90 Å². The molecular formula is C26H35N3O3S. The Morgan fingerprint density at radius 2 is 1.55 bits per heavy atom. The van der Waals surface area contributed by atoms with Gasteiger partial charge in [-0.2, -0.15) is 4.31 Å². The zero-order valence-electron chi connectivity index (χ0n) is 19.9. The topological polar surface area (TPSA) is 60.9 Å². The normalized spacial score (nSPS) is 18.7. The average molecular weight is 470 g/mol. The van der Waals surface area contributed by atoms with Crippen LogP contribution in [0, 0.1) is 12.8 Å². The molecule has 4 rings (SSSR count). The molecule has 1 amide bonds. The lowest BCUT2D eigenvalue weighted by atomic mass is 9.96. The summed E-state index contributed by atoms with van der Waals surface area (Å²) in [6.07, 6.45) is 1.17. The Bertz CT molecular complexity index is 1070. The quantitative estimate of drug-likeness (QED) is 0.667. The number of carbonyl (C=O) groups is 1. The van der Waals surface area contributed by atoms with Crippen LogP contribution in [0.15, 0.2) is 53.4 Å². The Morgan fingerprint density at radius 1 is 0.909 bits per heavy atom. The van der Waals surface area contributed by atoms with Gasteiger partial charge in [-0.1, -0.05) is 38.1 Å². The van der Waals surface area contributed by atoms with Crippen molar-refractivity contribution in [2.75, 3.05) is 44.2 Å². The van der Waals surface area contributed by atoms with Gasteiger partial charge in [0, 0.05) is 50.9 Å². The average Bonchev–Trinajstić information content (AvgIpc) is 2.84. The molecule has 2 aromatic rings. The first kappa shape index (κ1) is 23.8. The molecule has 0 unspecified atom stereocenters. The van der Waals surface area contributed by atoms with Crippen LogP contribution in [0.25, 0.3) is 0 Å². The van der Waals surface area contributed by atoms with E-state index in [1.807, 2.05) is 17.0 Å². The van der Waals surface area contributed by atoms with Crippen molar-refractivity contribution in [1.29, 1.82) is 0 Å². The highest BCUT2D eigenvalue weighted by Crippen LogP contribution is 2.27. The highest BCUT2D eigenvalue weighted by molar-refractivity contribution is 7.89. The second kappa shape index (κ2) is 9.85. The number of sulfonamides is 1. The van der Waals surface area contributed by atoms with Crippen LogP contribution in [0.2, 0.25) is 0 Å². The molecule has 0 radical (unpaired) electrons. The maximum atomic E-state index is 13.1. The smallest absolute Gasteiger partial charge is 0.243 e. The van der Waals surface area contributed by atoms with Crippen molar-refractivity contribution in [3.05, 3.63) is 59.7 Å². The van der Waals surface area contributed by atoms with Gasteiger partial charge in [0.15, 0.2) is 0 Å². The number of anilines is 1.